The fraction of sp³-hybridized carbons (Fsp3) is 0.519. The number of benzene rings is 2. The molecule has 1 N–H and O–H groups in total. The summed E-state index contributed by atoms with van der Waals surface area (Å²) in [7, 11) is 0. The molecule has 208 valence electrons. The molecule has 3 atom stereocenters. The lowest BCUT2D eigenvalue weighted by Gasteiger charge is -2.43. The number of aromatic hydroxyl groups is 1. The number of halogens is 5. The first kappa shape index (κ1) is 29.0. The first-order chi connectivity index (χ1) is 17.9. The van der Waals surface area contributed by atoms with E-state index in [4.69, 9.17) is 27.9 Å². The maximum atomic E-state index is 13.5. The maximum Gasteiger partial charge on any atom is 0.416 e. The van der Waals surface area contributed by atoms with Crippen LogP contribution < -0.4 is 0 Å². The monoisotopic (exact) mass is 573 g/mol. The fourth-order valence-electron chi connectivity index (χ4n) is 5.31. The van der Waals surface area contributed by atoms with Crippen molar-refractivity contribution < 1.29 is 27.8 Å². The number of alkyl halides is 3. The van der Waals surface area contributed by atoms with E-state index in [2.05, 4.69) is 23.6 Å². The van der Waals surface area contributed by atoms with E-state index < -0.39 is 17.6 Å². The Morgan fingerprint density at radius 1 is 1.00 bits per heavy atom. The van der Waals surface area contributed by atoms with Crippen LogP contribution in [0, 0.1) is 0 Å². The Morgan fingerprint density at radius 2 is 1.68 bits per heavy atom. The lowest BCUT2D eigenvalue weighted by atomic mass is 10.00. The molecule has 0 aliphatic carbocycles. The van der Waals surface area contributed by atoms with Gasteiger partial charge in [0.1, 0.15) is 5.75 Å². The van der Waals surface area contributed by atoms with Gasteiger partial charge in [0.05, 0.1) is 22.8 Å². The molecule has 6 nitrogen and oxygen atoms in total. The quantitative estimate of drug-likeness (QED) is 0.515. The first-order valence-corrected chi connectivity index (χ1v) is 13.4. The van der Waals surface area contributed by atoms with E-state index in [0.717, 1.165) is 43.9 Å². The zero-order valence-electron chi connectivity index (χ0n) is 21.3. The Labute approximate surface area is 230 Å². The number of rotatable bonds is 6. The Bertz CT molecular complexity index is 1140. The van der Waals surface area contributed by atoms with Crippen molar-refractivity contribution >= 4 is 29.1 Å². The number of piperazine rings is 1. The average Bonchev–Trinajstić information content (AvgIpc) is 2.83. The highest BCUT2D eigenvalue weighted by molar-refractivity contribution is 6.32. The summed E-state index contributed by atoms with van der Waals surface area (Å²) >= 11 is 11.9. The Kier molecular flexibility index (Phi) is 9.15. The number of phenolic OH excluding ortho intramolecular Hbond substituents is 1. The van der Waals surface area contributed by atoms with E-state index in [0.29, 0.717) is 26.1 Å². The van der Waals surface area contributed by atoms with E-state index in [1.807, 2.05) is 0 Å². The predicted molar refractivity (Wildman–Crippen MR) is 141 cm³/mol. The van der Waals surface area contributed by atoms with E-state index in [9.17, 15) is 23.1 Å². The van der Waals surface area contributed by atoms with Gasteiger partial charge in [-0.05, 0) is 56.2 Å². The van der Waals surface area contributed by atoms with Gasteiger partial charge in [0, 0.05) is 62.4 Å². The summed E-state index contributed by atoms with van der Waals surface area (Å²) in [6, 6.07) is 7.55. The summed E-state index contributed by atoms with van der Waals surface area (Å²) in [5.74, 6) is -0.563. The van der Waals surface area contributed by atoms with Gasteiger partial charge < -0.3 is 14.7 Å². The molecule has 0 radical (unpaired) electrons. The van der Waals surface area contributed by atoms with Crippen molar-refractivity contribution in [1.82, 2.24) is 14.7 Å². The van der Waals surface area contributed by atoms with Gasteiger partial charge in [0.25, 0.3) is 5.91 Å². The number of hydrogen-bond acceptors (Lipinski definition) is 5. The summed E-state index contributed by atoms with van der Waals surface area (Å²) in [5.41, 5.74) is -0.284. The van der Waals surface area contributed by atoms with Crippen LogP contribution in [0.5, 0.6) is 5.75 Å². The summed E-state index contributed by atoms with van der Waals surface area (Å²) in [6.45, 7) is 8.96. The minimum absolute atomic E-state index is 0.0603. The average molecular weight is 574 g/mol. The van der Waals surface area contributed by atoms with Crippen LogP contribution >= 0.6 is 23.2 Å². The molecule has 2 heterocycles. The zero-order valence-corrected chi connectivity index (χ0v) is 22.9. The number of nitrogens with zero attached hydrogens (tertiary/aromatic N) is 3. The predicted octanol–water partition coefficient (Wildman–Crippen LogP) is 5.20. The number of carbonyl (C=O) groups is 1. The van der Waals surface area contributed by atoms with Crippen molar-refractivity contribution in [2.45, 2.75) is 44.7 Å². The van der Waals surface area contributed by atoms with Gasteiger partial charge in [-0.25, -0.2) is 0 Å². The molecule has 0 aromatic heterocycles. The molecule has 2 aromatic carbocycles. The number of hydrogen-bond donors (Lipinski definition) is 1. The second-order valence-electron chi connectivity index (χ2n) is 10.2. The molecule has 0 saturated carbocycles. The van der Waals surface area contributed by atoms with Gasteiger partial charge in [0.2, 0.25) is 0 Å². The second-order valence-corrected chi connectivity index (χ2v) is 11.0. The van der Waals surface area contributed by atoms with Crippen LogP contribution in [0.15, 0.2) is 36.4 Å². The molecule has 2 aliphatic heterocycles. The normalized spacial score (nSPS) is 23.6. The van der Waals surface area contributed by atoms with Crippen LogP contribution in [0.2, 0.25) is 10.0 Å². The van der Waals surface area contributed by atoms with E-state index in [1.165, 1.54) is 6.07 Å². The van der Waals surface area contributed by atoms with Gasteiger partial charge in [-0.1, -0.05) is 29.3 Å². The molecule has 0 bridgehead atoms. The number of carbonyl (C=O) groups excluding carboxylic acids is 1. The summed E-state index contributed by atoms with van der Waals surface area (Å²) in [6.07, 6.45) is -3.88. The van der Waals surface area contributed by atoms with Crippen LogP contribution in [0.4, 0.5) is 13.2 Å². The van der Waals surface area contributed by atoms with Crippen LogP contribution in [0.3, 0.4) is 0 Å². The minimum atomic E-state index is -4.62. The second kappa shape index (κ2) is 12.0. The number of ether oxygens (including phenoxy) is 1. The minimum Gasteiger partial charge on any atom is -0.506 e. The molecule has 4 rings (SSSR count). The smallest absolute Gasteiger partial charge is 0.416 e. The SMILES string of the molecule is CC1CN(CCN2CCN(C(=O)c3cc(Cl)cc(C(F)(F)F)c3)[C@H](Cc3ccc(Cl)c(O)c3)C2)CC(C)O1. The molecule has 0 spiro atoms. The van der Waals surface area contributed by atoms with Crippen LogP contribution in [-0.4, -0.2) is 89.8 Å². The van der Waals surface area contributed by atoms with Crippen molar-refractivity contribution in [2.75, 3.05) is 45.8 Å². The van der Waals surface area contributed by atoms with Gasteiger partial charge in [-0.3, -0.25) is 14.6 Å². The van der Waals surface area contributed by atoms with Crippen molar-refractivity contribution in [3.8, 4) is 5.75 Å². The van der Waals surface area contributed by atoms with Crippen LogP contribution in [0.1, 0.15) is 35.3 Å². The van der Waals surface area contributed by atoms with E-state index >= 15 is 0 Å². The van der Waals surface area contributed by atoms with E-state index in [1.54, 1.807) is 23.1 Å². The molecule has 38 heavy (non-hydrogen) atoms. The maximum absolute atomic E-state index is 13.5. The molecule has 2 aliphatic rings. The van der Waals surface area contributed by atoms with E-state index in [-0.39, 0.29) is 39.6 Å². The highest BCUT2D eigenvalue weighted by Gasteiger charge is 2.35. The number of phenols is 1. The third-order valence-corrected chi connectivity index (χ3v) is 7.55. The van der Waals surface area contributed by atoms with Gasteiger partial charge in [-0.2, -0.15) is 13.2 Å². The standard InChI is InChI=1S/C27H32Cl2F3N3O3/c1-17-14-34(15-18(2)38-17)6-5-33-7-8-35(23(16-33)9-19-3-4-24(29)25(36)10-19)26(37)20-11-21(27(30,31)32)13-22(28)12-20/h3-4,10-13,17-18,23,36H,5-9,14-16H2,1-2H3/t17?,18?,23-/m1/s1. The molecule has 2 unspecified atom stereocenters. The zero-order chi connectivity index (χ0) is 27.6. The largest absolute Gasteiger partial charge is 0.506 e. The van der Waals surface area contributed by atoms with Gasteiger partial charge in [-0.15, -0.1) is 0 Å². The Hall–Kier alpha value is -2.04. The van der Waals surface area contributed by atoms with Crippen LogP contribution in [0.25, 0.3) is 0 Å². The molecule has 2 saturated heterocycles. The lowest BCUT2D eigenvalue weighted by Crippen LogP contribution is -2.57. The van der Waals surface area contributed by atoms with Gasteiger partial charge >= 0.3 is 6.18 Å². The summed E-state index contributed by atoms with van der Waals surface area (Å²) < 4.78 is 46.0. The highest BCUT2D eigenvalue weighted by Crippen LogP contribution is 2.33. The third kappa shape index (κ3) is 7.33. The van der Waals surface area contributed by atoms with Gasteiger partial charge in [0.15, 0.2) is 0 Å². The van der Waals surface area contributed by atoms with Crippen molar-refractivity contribution in [3.63, 3.8) is 0 Å². The summed E-state index contributed by atoms with van der Waals surface area (Å²) in [4.78, 5) is 19.8. The summed E-state index contributed by atoms with van der Waals surface area (Å²) in [5, 5.41) is 10.2. The molecule has 2 aromatic rings. The third-order valence-electron chi connectivity index (χ3n) is 7.01. The topological polar surface area (TPSA) is 56.2 Å². The molecular weight excluding hydrogens is 542 g/mol. The van der Waals surface area contributed by atoms with Crippen molar-refractivity contribution in [1.29, 1.82) is 0 Å². The fourth-order valence-corrected chi connectivity index (χ4v) is 5.67. The van der Waals surface area contributed by atoms with Crippen molar-refractivity contribution in [2.24, 2.45) is 0 Å². The van der Waals surface area contributed by atoms with Crippen molar-refractivity contribution in [3.05, 3.63) is 63.1 Å². The lowest BCUT2D eigenvalue weighted by molar-refractivity contribution is -0.137. The molecule has 2 fully saturated rings. The highest BCUT2D eigenvalue weighted by atomic mass is 35.5. The Morgan fingerprint density at radius 3 is 2.34 bits per heavy atom. The number of morpholine rings is 1. The Balaban J connectivity index is 1.53. The van der Waals surface area contributed by atoms with Crippen LogP contribution in [-0.2, 0) is 17.3 Å². The molecule has 1 amide bonds. The molecular formula is C27H32Cl2F3N3O3. The molecule has 11 heteroatoms. The number of amides is 1. The first-order valence-electron chi connectivity index (χ1n) is 12.7.